The van der Waals surface area contributed by atoms with Crippen LogP contribution in [0.3, 0.4) is 0 Å². The molecule has 0 aromatic carbocycles. The van der Waals surface area contributed by atoms with Gasteiger partial charge in [-0.15, -0.1) is 0 Å². The molecule has 0 fully saturated rings. The number of carbonyl (C=O) groups is 1. The number of hydrogen-bond donors (Lipinski definition) is 0. The third kappa shape index (κ3) is 2.52. The molecular formula is C8H13NO2S. The van der Waals surface area contributed by atoms with E-state index in [0.717, 1.165) is 0 Å². The molecular weight excluding hydrogens is 174 g/mol. The molecule has 68 valence electrons. The number of ketones is 1. The second kappa shape index (κ2) is 3.94. The Labute approximate surface area is 76.6 Å². The number of Topliss-reactive ketones (excluding diaryl/α,β-unsaturated/α-hetero) is 1. The monoisotopic (exact) mass is 187 g/mol. The van der Waals surface area contributed by atoms with Gasteiger partial charge < -0.3 is 4.74 Å². The summed E-state index contributed by atoms with van der Waals surface area (Å²) < 4.78 is 5.30. The van der Waals surface area contributed by atoms with Crippen LogP contribution in [0.4, 0.5) is 0 Å². The molecule has 4 heteroatoms. The second-order valence-electron chi connectivity index (χ2n) is 2.99. The molecule has 0 N–H and O–H groups in total. The maximum atomic E-state index is 10.9. The summed E-state index contributed by atoms with van der Waals surface area (Å²) in [4.78, 5) is 15.0. The Morgan fingerprint density at radius 2 is 2.42 bits per heavy atom. The van der Waals surface area contributed by atoms with Crippen molar-refractivity contribution in [3.63, 3.8) is 0 Å². The zero-order valence-electron chi connectivity index (χ0n) is 7.53. The zero-order valence-corrected chi connectivity index (χ0v) is 8.35. The van der Waals surface area contributed by atoms with E-state index in [-0.39, 0.29) is 11.9 Å². The van der Waals surface area contributed by atoms with Gasteiger partial charge in [0.05, 0.1) is 6.54 Å². The third-order valence-corrected chi connectivity index (χ3v) is 2.32. The van der Waals surface area contributed by atoms with Crippen LogP contribution < -0.4 is 0 Å². The van der Waals surface area contributed by atoms with Gasteiger partial charge in [0.25, 0.3) is 0 Å². The first-order chi connectivity index (χ1) is 5.59. The molecule has 0 aromatic rings. The van der Waals surface area contributed by atoms with Crippen LogP contribution in [0.5, 0.6) is 0 Å². The van der Waals surface area contributed by atoms with Gasteiger partial charge in [-0.1, -0.05) is 25.6 Å². The van der Waals surface area contributed by atoms with Gasteiger partial charge in [0.15, 0.2) is 11.9 Å². The topological polar surface area (TPSA) is 38.7 Å². The Balaban J connectivity index is 2.38. The summed E-state index contributed by atoms with van der Waals surface area (Å²) in [6, 6.07) is 0. The minimum atomic E-state index is -0.328. The first-order valence-electron chi connectivity index (χ1n) is 3.98. The number of carbonyl (C=O) groups excluding carboxylic acids is 1. The highest BCUT2D eigenvalue weighted by atomic mass is 32.2. The van der Waals surface area contributed by atoms with Crippen LogP contribution in [0.1, 0.15) is 20.8 Å². The molecule has 1 rings (SSSR count). The summed E-state index contributed by atoms with van der Waals surface area (Å²) in [6.07, 6.45) is -0.328. The van der Waals surface area contributed by atoms with Gasteiger partial charge in [0.1, 0.15) is 0 Å². The van der Waals surface area contributed by atoms with E-state index in [9.17, 15) is 4.79 Å². The summed E-state index contributed by atoms with van der Waals surface area (Å²) in [6.45, 7) is 6.16. The fourth-order valence-electron chi connectivity index (χ4n) is 0.832. The van der Waals surface area contributed by atoms with Crippen molar-refractivity contribution in [2.24, 2.45) is 4.99 Å². The molecule has 0 aromatic heterocycles. The van der Waals surface area contributed by atoms with Gasteiger partial charge in [-0.2, -0.15) is 0 Å². The predicted molar refractivity (Wildman–Crippen MR) is 50.6 cm³/mol. The largest absolute Gasteiger partial charge is 0.460 e. The summed E-state index contributed by atoms with van der Waals surface area (Å²) in [7, 11) is 0. The van der Waals surface area contributed by atoms with Crippen molar-refractivity contribution in [1.29, 1.82) is 0 Å². The second-order valence-corrected chi connectivity index (χ2v) is 4.52. The van der Waals surface area contributed by atoms with Crippen LogP contribution in [0, 0.1) is 0 Å². The molecule has 3 nitrogen and oxygen atoms in total. The average molecular weight is 187 g/mol. The van der Waals surface area contributed by atoms with Gasteiger partial charge in [-0.3, -0.25) is 4.79 Å². The normalized spacial score (nSPS) is 22.3. The number of nitrogens with zero attached hydrogens (tertiary/aromatic N) is 1. The van der Waals surface area contributed by atoms with E-state index in [0.29, 0.717) is 17.0 Å². The van der Waals surface area contributed by atoms with Crippen molar-refractivity contribution < 1.29 is 9.53 Å². The van der Waals surface area contributed by atoms with Gasteiger partial charge >= 0.3 is 0 Å². The van der Waals surface area contributed by atoms with Gasteiger partial charge in [-0.25, -0.2) is 4.99 Å². The van der Waals surface area contributed by atoms with E-state index in [1.807, 2.05) is 0 Å². The molecule has 0 saturated carbocycles. The quantitative estimate of drug-likeness (QED) is 0.657. The first-order valence-corrected chi connectivity index (χ1v) is 4.85. The van der Waals surface area contributed by atoms with Crippen LogP contribution in [-0.2, 0) is 9.53 Å². The molecule has 0 amide bonds. The summed E-state index contributed by atoms with van der Waals surface area (Å²) in [5.74, 6) is 0.0538. The lowest BCUT2D eigenvalue weighted by Gasteiger charge is -2.07. The minimum Gasteiger partial charge on any atom is -0.460 e. The van der Waals surface area contributed by atoms with E-state index >= 15 is 0 Å². The Kier molecular flexibility index (Phi) is 3.14. The first kappa shape index (κ1) is 9.58. The molecule has 0 bridgehead atoms. The number of thioether (sulfide) groups is 1. The van der Waals surface area contributed by atoms with Crippen molar-refractivity contribution in [1.82, 2.24) is 0 Å². The standard InChI is InChI=1S/C8H13NO2S/c1-5(2)12-8-9-4-7(11-8)6(3)10/h5,7H,4H2,1-3H3. The van der Waals surface area contributed by atoms with Gasteiger partial charge in [0, 0.05) is 5.25 Å². The zero-order chi connectivity index (χ0) is 9.14. The van der Waals surface area contributed by atoms with Gasteiger partial charge in [-0.05, 0) is 6.92 Å². The van der Waals surface area contributed by atoms with Gasteiger partial charge in [0.2, 0.25) is 5.23 Å². The highest BCUT2D eigenvalue weighted by Crippen LogP contribution is 2.19. The maximum Gasteiger partial charge on any atom is 0.246 e. The summed E-state index contributed by atoms with van der Waals surface area (Å²) in [5.41, 5.74) is 0. The lowest BCUT2D eigenvalue weighted by atomic mass is 10.3. The van der Waals surface area contributed by atoms with Crippen LogP contribution in [0.15, 0.2) is 4.99 Å². The Bertz CT molecular complexity index is 213. The predicted octanol–water partition coefficient (Wildman–Crippen LogP) is 1.47. The molecule has 12 heavy (non-hydrogen) atoms. The maximum absolute atomic E-state index is 10.9. The molecule has 0 radical (unpaired) electrons. The number of aliphatic imine (C=N–C) groups is 1. The lowest BCUT2D eigenvalue weighted by molar-refractivity contribution is -0.122. The van der Waals surface area contributed by atoms with Crippen LogP contribution in [-0.4, -0.2) is 28.9 Å². The van der Waals surface area contributed by atoms with Crippen molar-refractivity contribution in [2.75, 3.05) is 6.54 Å². The number of ether oxygens (including phenoxy) is 1. The molecule has 1 aliphatic heterocycles. The van der Waals surface area contributed by atoms with Crippen LogP contribution >= 0.6 is 11.8 Å². The van der Waals surface area contributed by atoms with E-state index in [1.165, 1.54) is 6.92 Å². The van der Waals surface area contributed by atoms with Crippen molar-refractivity contribution in [2.45, 2.75) is 32.1 Å². The van der Waals surface area contributed by atoms with E-state index in [4.69, 9.17) is 4.74 Å². The molecule has 0 saturated heterocycles. The summed E-state index contributed by atoms with van der Waals surface area (Å²) >= 11 is 1.56. The molecule has 1 atom stereocenters. The van der Waals surface area contributed by atoms with E-state index in [1.54, 1.807) is 11.8 Å². The Morgan fingerprint density at radius 1 is 1.75 bits per heavy atom. The van der Waals surface area contributed by atoms with E-state index < -0.39 is 0 Å². The smallest absolute Gasteiger partial charge is 0.246 e. The molecule has 1 unspecified atom stereocenters. The molecule has 1 aliphatic rings. The van der Waals surface area contributed by atoms with Crippen LogP contribution in [0.2, 0.25) is 0 Å². The Morgan fingerprint density at radius 3 is 2.83 bits per heavy atom. The molecule has 0 spiro atoms. The molecule has 1 heterocycles. The Hall–Kier alpha value is -0.510. The SMILES string of the molecule is CC(=O)C1CN=C(SC(C)C)O1. The number of rotatable bonds is 2. The lowest BCUT2D eigenvalue weighted by Crippen LogP contribution is -2.21. The van der Waals surface area contributed by atoms with Crippen molar-refractivity contribution in [3.05, 3.63) is 0 Å². The number of hydrogen-bond acceptors (Lipinski definition) is 4. The summed E-state index contributed by atoms with van der Waals surface area (Å²) in [5, 5.41) is 1.11. The van der Waals surface area contributed by atoms with Crippen molar-refractivity contribution >= 4 is 22.8 Å². The fourth-order valence-corrected chi connectivity index (χ4v) is 1.56. The van der Waals surface area contributed by atoms with Crippen LogP contribution in [0.25, 0.3) is 0 Å². The third-order valence-electron chi connectivity index (χ3n) is 1.42. The fraction of sp³-hybridized carbons (Fsp3) is 0.750. The minimum absolute atomic E-state index is 0.0538. The average Bonchev–Trinajstić information content (AvgIpc) is 2.34. The van der Waals surface area contributed by atoms with Crippen molar-refractivity contribution in [3.8, 4) is 0 Å². The molecule has 0 aliphatic carbocycles. The highest BCUT2D eigenvalue weighted by Gasteiger charge is 2.24. The highest BCUT2D eigenvalue weighted by molar-refractivity contribution is 8.14. The van der Waals surface area contributed by atoms with E-state index in [2.05, 4.69) is 18.8 Å².